The Balaban J connectivity index is 1.61. The smallest absolute Gasteiger partial charge is 0.262 e. The first-order valence-electron chi connectivity index (χ1n) is 10.5. The zero-order valence-corrected chi connectivity index (χ0v) is 21.8. The Kier molecular flexibility index (Phi) is 7.89. The molecule has 0 saturated carbocycles. The van der Waals surface area contributed by atoms with Crippen LogP contribution in [0.25, 0.3) is 0 Å². The Morgan fingerprint density at radius 3 is 2.15 bits per heavy atom. The first kappa shape index (κ1) is 25.6. The van der Waals surface area contributed by atoms with Gasteiger partial charge in [0, 0.05) is 21.4 Å². The van der Waals surface area contributed by atoms with Gasteiger partial charge in [0.25, 0.3) is 15.9 Å². The second-order valence-electron chi connectivity index (χ2n) is 8.59. The van der Waals surface area contributed by atoms with Gasteiger partial charge in [-0.3, -0.25) is 9.52 Å². The fourth-order valence-corrected chi connectivity index (χ4v) is 4.56. The second-order valence-corrected chi connectivity index (χ2v) is 11.2. The van der Waals surface area contributed by atoms with Crippen LogP contribution in [0.5, 0.6) is 11.5 Å². The predicted octanol–water partition coefficient (Wildman–Crippen LogP) is 5.57. The van der Waals surface area contributed by atoms with Crippen LogP contribution in [0.2, 0.25) is 0 Å². The lowest BCUT2D eigenvalue weighted by Gasteiger charge is -2.23. The van der Waals surface area contributed by atoms with Gasteiger partial charge in [0.1, 0.15) is 11.5 Å². The number of ether oxygens (including phenoxy) is 2. The van der Waals surface area contributed by atoms with Gasteiger partial charge >= 0.3 is 0 Å². The molecule has 0 heterocycles. The molecule has 3 rings (SSSR count). The molecule has 0 atom stereocenters. The molecule has 0 unspecified atom stereocenters. The molecule has 3 aromatic carbocycles. The lowest BCUT2D eigenvalue weighted by atomic mass is 9.86. The highest BCUT2D eigenvalue weighted by molar-refractivity contribution is 9.10. The van der Waals surface area contributed by atoms with Crippen molar-refractivity contribution >= 4 is 43.2 Å². The van der Waals surface area contributed by atoms with Crippen molar-refractivity contribution < 1.29 is 22.7 Å². The van der Waals surface area contributed by atoms with Crippen LogP contribution in [0.1, 0.15) is 26.3 Å². The Hall–Kier alpha value is -3.04. The molecule has 3 aromatic rings. The van der Waals surface area contributed by atoms with E-state index in [0.29, 0.717) is 22.9 Å². The quantitative estimate of drug-likeness (QED) is 0.385. The SMILES string of the molecule is COc1ccc(NS(=O)(=O)c2ccc(NC(=O)COc3ccc(Br)cc3C(C)(C)C)cc2)cc1. The summed E-state index contributed by atoms with van der Waals surface area (Å²) in [7, 11) is -2.24. The molecule has 0 aromatic heterocycles. The van der Waals surface area contributed by atoms with Crippen molar-refractivity contribution in [2.75, 3.05) is 23.8 Å². The molecule has 0 spiro atoms. The number of hydrogen-bond donors (Lipinski definition) is 2. The van der Waals surface area contributed by atoms with Crippen molar-refractivity contribution in [1.82, 2.24) is 0 Å². The van der Waals surface area contributed by atoms with E-state index < -0.39 is 10.0 Å². The standard InChI is InChI=1S/C25H27BrN2O5S/c1-25(2,3)22-15-17(26)5-14-23(22)33-16-24(29)27-18-8-12-21(13-9-18)34(30,31)28-19-6-10-20(32-4)11-7-19/h5-15,28H,16H2,1-4H3,(H,27,29). The summed E-state index contributed by atoms with van der Waals surface area (Å²) in [6.07, 6.45) is 0. The molecule has 0 aliphatic rings. The number of amides is 1. The number of methoxy groups -OCH3 is 1. The van der Waals surface area contributed by atoms with Crippen LogP contribution in [-0.4, -0.2) is 28.0 Å². The molecule has 0 aliphatic heterocycles. The van der Waals surface area contributed by atoms with Gasteiger partial charge in [-0.25, -0.2) is 8.42 Å². The highest BCUT2D eigenvalue weighted by atomic mass is 79.9. The van der Waals surface area contributed by atoms with E-state index >= 15 is 0 Å². The third kappa shape index (κ3) is 6.74. The van der Waals surface area contributed by atoms with E-state index in [-0.39, 0.29) is 22.8 Å². The summed E-state index contributed by atoms with van der Waals surface area (Å²) >= 11 is 3.47. The number of anilines is 2. The van der Waals surface area contributed by atoms with Crippen LogP contribution in [0.3, 0.4) is 0 Å². The molecule has 9 heteroatoms. The van der Waals surface area contributed by atoms with Gasteiger partial charge in [-0.15, -0.1) is 0 Å². The maximum Gasteiger partial charge on any atom is 0.262 e. The lowest BCUT2D eigenvalue weighted by molar-refractivity contribution is -0.118. The lowest BCUT2D eigenvalue weighted by Crippen LogP contribution is -2.22. The van der Waals surface area contributed by atoms with E-state index in [9.17, 15) is 13.2 Å². The molecular weight excluding hydrogens is 520 g/mol. The van der Waals surface area contributed by atoms with Crippen LogP contribution in [0.4, 0.5) is 11.4 Å². The molecule has 0 radical (unpaired) electrons. The minimum absolute atomic E-state index is 0.0715. The molecular formula is C25H27BrN2O5S. The summed E-state index contributed by atoms with van der Waals surface area (Å²) in [5, 5.41) is 2.72. The zero-order chi connectivity index (χ0) is 24.9. The Morgan fingerprint density at radius 1 is 0.941 bits per heavy atom. The summed E-state index contributed by atoms with van der Waals surface area (Å²) in [5.74, 6) is 0.911. The van der Waals surface area contributed by atoms with E-state index in [2.05, 4.69) is 46.7 Å². The van der Waals surface area contributed by atoms with Gasteiger partial charge in [0.05, 0.1) is 12.0 Å². The van der Waals surface area contributed by atoms with Crippen LogP contribution in [0, 0.1) is 0 Å². The fourth-order valence-electron chi connectivity index (χ4n) is 3.15. The molecule has 180 valence electrons. The maximum atomic E-state index is 12.6. The second kappa shape index (κ2) is 10.5. The molecule has 1 amide bonds. The van der Waals surface area contributed by atoms with Crippen molar-refractivity contribution in [3.63, 3.8) is 0 Å². The molecule has 0 saturated heterocycles. The first-order chi connectivity index (χ1) is 16.0. The summed E-state index contributed by atoms with van der Waals surface area (Å²) in [5.41, 5.74) is 1.70. The van der Waals surface area contributed by atoms with Gasteiger partial charge in [-0.05, 0) is 72.1 Å². The van der Waals surface area contributed by atoms with E-state index in [4.69, 9.17) is 9.47 Å². The monoisotopic (exact) mass is 546 g/mol. The Labute approximate surface area is 208 Å². The third-order valence-corrected chi connectivity index (χ3v) is 6.79. The number of hydrogen-bond acceptors (Lipinski definition) is 5. The fraction of sp³-hybridized carbons (Fsp3) is 0.240. The van der Waals surface area contributed by atoms with E-state index in [0.717, 1.165) is 10.0 Å². The zero-order valence-electron chi connectivity index (χ0n) is 19.4. The molecule has 34 heavy (non-hydrogen) atoms. The van der Waals surface area contributed by atoms with Crippen molar-refractivity contribution in [1.29, 1.82) is 0 Å². The van der Waals surface area contributed by atoms with Gasteiger partial charge < -0.3 is 14.8 Å². The number of carbonyl (C=O) groups excluding carboxylic acids is 1. The summed E-state index contributed by atoms with van der Waals surface area (Å²) in [6, 6.07) is 18.1. The number of halogens is 1. The van der Waals surface area contributed by atoms with Crippen LogP contribution in [0.15, 0.2) is 76.1 Å². The highest BCUT2D eigenvalue weighted by Crippen LogP contribution is 2.33. The topological polar surface area (TPSA) is 93.7 Å². The van der Waals surface area contributed by atoms with E-state index in [1.165, 1.54) is 31.4 Å². The largest absolute Gasteiger partial charge is 0.497 e. The molecule has 7 nitrogen and oxygen atoms in total. The minimum atomic E-state index is -3.78. The van der Waals surface area contributed by atoms with E-state index in [1.807, 2.05) is 18.2 Å². The van der Waals surface area contributed by atoms with Crippen molar-refractivity contribution in [2.45, 2.75) is 31.1 Å². The first-order valence-corrected chi connectivity index (χ1v) is 12.8. The number of sulfonamides is 1. The molecule has 2 N–H and O–H groups in total. The number of carbonyl (C=O) groups is 1. The van der Waals surface area contributed by atoms with Gasteiger partial charge in [-0.2, -0.15) is 0 Å². The van der Waals surface area contributed by atoms with Gasteiger partial charge in [0.2, 0.25) is 0 Å². The average molecular weight is 547 g/mol. The van der Waals surface area contributed by atoms with Gasteiger partial charge in [-0.1, -0.05) is 36.7 Å². The van der Waals surface area contributed by atoms with Crippen LogP contribution >= 0.6 is 15.9 Å². The summed E-state index contributed by atoms with van der Waals surface area (Å²) < 4.78 is 39.6. The van der Waals surface area contributed by atoms with Crippen molar-refractivity contribution in [3.05, 3.63) is 76.8 Å². The van der Waals surface area contributed by atoms with Crippen LogP contribution in [-0.2, 0) is 20.2 Å². The maximum absolute atomic E-state index is 12.6. The minimum Gasteiger partial charge on any atom is -0.497 e. The van der Waals surface area contributed by atoms with Crippen molar-refractivity contribution in [2.24, 2.45) is 0 Å². The molecule has 0 bridgehead atoms. The number of rotatable bonds is 8. The summed E-state index contributed by atoms with van der Waals surface area (Å²) in [4.78, 5) is 12.5. The van der Waals surface area contributed by atoms with Crippen LogP contribution < -0.4 is 19.5 Å². The average Bonchev–Trinajstić information content (AvgIpc) is 2.78. The molecule has 0 aliphatic carbocycles. The highest BCUT2D eigenvalue weighted by Gasteiger charge is 2.20. The van der Waals surface area contributed by atoms with Gasteiger partial charge in [0.15, 0.2) is 6.61 Å². The van der Waals surface area contributed by atoms with E-state index in [1.54, 1.807) is 24.3 Å². The Morgan fingerprint density at radius 2 is 1.56 bits per heavy atom. The van der Waals surface area contributed by atoms with Crippen molar-refractivity contribution in [3.8, 4) is 11.5 Å². The third-order valence-electron chi connectivity index (χ3n) is 4.90. The normalized spacial score (nSPS) is 11.6. The number of benzene rings is 3. The Bertz CT molecular complexity index is 1250. The summed E-state index contributed by atoms with van der Waals surface area (Å²) in [6.45, 7) is 6.03. The predicted molar refractivity (Wildman–Crippen MR) is 137 cm³/mol. The number of nitrogens with one attached hydrogen (secondary N) is 2. The molecule has 0 fully saturated rings.